The maximum atomic E-state index is 13.5. The van der Waals surface area contributed by atoms with Crippen molar-refractivity contribution in [3.8, 4) is 11.8 Å². The summed E-state index contributed by atoms with van der Waals surface area (Å²) in [5, 5.41) is 11.1. The van der Waals surface area contributed by atoms with Crippen LogP contribution in [0.25, 0.3) is 0 Å². The van der Waals surface area contributed by atoms with Gasteiger partial charge in [0.15, 0.2) is 0 Å². The summed E-state index contributed by atoms with van der Waals surface area (Å²) in [5.74, 6) is 3.84. The summed E-state index contributed by atoms with van der Waals surface area (Å²) >= 11 is 0. The van der Waals surface area contributed by atoms with E-state index in [1.165, 1.54) is 19.2 Å². The summed E-state index contributed by atoms with van der Waals surface area (Å²) in [6.07, 6.45) is 0. The first-order valence-electron chi connectivity index (χ1n) is 5.35. The van der Waals surface area contributed by atoms with Crippen LogP contribution in [0.1, 0.15) is 15.9 Å². The average molecular weight is 251 g/mol. The van der Waals surface area contributed by atoms with Crippen LogP contribution < -0.4 is 5.32 Å². The molecular weight excluding hydrogens is 237 g/mol. The van der Waals surface area contributed by atoms with Gasteiger partial charge in [-0.3, -0.25) is 4.79 Å². The smallest absolute Gasteiger partial charge is 0.251 e. The molecule has 1 aromatic rings. The molecule has 0 radical (unpaired) electrons. The second-order valence-corrected chi connectivity index (χ2v) is 3.40. The number of carbonyl (C=O) groups is 1. The monoisotopic (exact) mass is 251 g/mol. The minimum Gasteiger partial charge on any atom is -0.384 e. The Morgan fingerprint density at radius 3 is 2.94 bits per heavy atom. The van der Waals surface area contributed by atoms with Crippen LogP contribution in [-0.4, -0.2) is 37.9 Å². The van der Waals surface area contributed by atoms with Gasteiger partial charge in [-0.1, -0.05) is 11.8 Å². The molecule has 0 aliphatic heterocycles. The van der Waals surface area contributed by atoms with Crippen LogP contribution in [0.15, 0.2) is 18.2 Å². The van der Waals surface area contributed by atoms with Crippen molar-refractivity contribution in [1.29, 1.82) is 0 Å². The molecule has 0 aliphatic carbocycles. The molecule has 0 bridgehead atoms. The van der Waals surface area contributed by atoms with E-state index in [9.17, 15) is 9.18 Å². The number of benzene rings is 1. The average Bonchev–Trinajstić information content (AvgIpc) is 2.37. The molecule has 1 aromatic carbocycles. The fourth-order valence-corrected chi connectivity index (χ4v) is 1.26. The predicted molar refractivity (Wildman–Crippen MR) is 64.6 cm³/mol. The molecule has 18 heavy (non-hydrogen) atoms. The molecule has 0 aromatic heterocycles. The van der Waals surface area contributed by atoms with Gasteiger partial charge in [0.2, 0.25) is 0 Å². The lowest BCUT2D eigenvalue weighted by Crippen LogP contribution is -2.27. The second-order valence-electron chi connectivity index (χ2n) is 3.40. The first kappa shape index (κ1) is 14.2. The van der Waals surface area contributed by atoms with Crippen LogP contribution >= 0.6 is 0 Å². The Bertz CT molecular complexity index is 477. The number of rotatable bonds is 4. The maximum absolute atomic E-state index is 13.5. The molecule has 1 amide bonds. The van der Waals surface area contributed by atoms with Crippen LogP contribution in [0, 0.1) is 17.7 Å². The molecule has 0 spiro atoms. The van der Waals surface area contributed by atoms with Crippen LogP contribution in [-0.2, 0) is 4.74 Å². The number of nitrogens with one attached hydrogen (secondary N) is 1. The first-order chi connectivity index (χ1) is 8.69. The fourth-order valence-electron chi connectivity index (χ4n) is 1.26. The van der Waals surface area contributed by atoms with Gasteiger partial charge >= 0.3 is 0 Å². The Labute approximate surface area is 105 Å². The van der Waals surface area contributed by atoms with Gasteiger partial charge in [-0.15, -0.1) is 0 Å². The molecule has 4 nitrogen and oxygen atoms in total. The van der Waals surface area contributed by atoms with E-state index in [1.807, 2.05) is 0 Å². The third-order valence-electron chi connectivity index (χ3n) is 2.13. The molecule has 0 aliphatic rings. The van der Waals surface area contributed by atoms with Crippen molar-refractivity contribution in [2.24, 2.45) is 0 Å². The number of hydrogen-bond acceptors (Lipinski definition) is 3. The zero-order valence-electron chi connectivity index (χ0n) is 10.00. The Morgan fingerprint density at radius 1 is 1.56 bits per heavy atom. The number of halogens is 1. The van der Waals surface area contributed by atoms with Gasteiger partial charge in [0, 0.05) is 19.2 Å². The molecule has 0 unspecified atom stereocenters. The quantitative estimate of drug-likeness (QED) is 0.607. The molecule has 0 atom stereocenters. The van der Waals surface area contributed by atoms with Gasteiger partial charge in [0.1, 0.15) is 12.4 Å². The summed E-state index contributed by atoms with van der Waals surface area (Å²) in [5.41, 5.74) is 0.371. The van der Waals surface area contributed by atoms with Crippen molar-refractivity contribution in [2.75, 3.05) is 26.9 Å². The van der Waals surface area contributed by atoms with Crippen molar-refractivity contribution in [1.82, 2.24) is 5.32 Å². The number of carbonyl (C=O) groups excluding carboxylic acids is 1. The lowest BCUT2D eigenvalue weighted by atomic mass is 10.1. The zero-order valence-corrected chi connectivity index (χ0v) is 10.00. The van der Waals surface area contributed by atoms with Crippen molar-refractivity contribution in [2.45, 2.75) is 0 Å². The van der Waals surface area contributed by atoms with Crippen molar-refractivity contribution < 1.29 is 19.0 Å². The van der Waals surface area contributed by atoms with E-state index in [2.05, 4.69) is 17.2 Å². The van der Waals surface area contributed by atoms with Gasteiger partial charge in [-0.05, 0) is 18.2 Å². The Morgan fingerprint density at radius 2 is 2.33 bits per heavy atom. The predicted octanol–water partition coefficient (Wildman–Crippen LogP) is 0.546. The third-order valence-corrected chi connectivity index (χ3v) is 2.13. The van der Waals surface area contributed by atoms with Crippen LogP contribution in [0.5, 0.6) is 0 Å². The van der Waals surface area contributed by atoms with Gasteiger partial charge in [-0.2, -0.15) is 0 Å². The normalized spacial score (nSPS) is 9.50. The van der Waals surface area contributed by atoms with Gasteiger partial charge in [-0.25, -0.2) is 4.39 Å². The number of aliphatic hydroxyl groups excluding tert-OH is 1. The van der Waals surface area contributed by atoms with Crippen LogP contribution in [0.3, 0.4) is 0 Å². The first-order valence-corrected chi connectivity index (χ1v) is 5.35. The van der Waals surface area contributed by atoms with Gasteiger partial charge in [0.05, 0.1) is 12.2 Å². The highest BCUT2D eigenvalue weighted by Crippen LogP contribution is 2.09. The number of hydrogen-bond donors (Lipinski definition) is 2. The Kier molecular flexibility index (Phi) is 5.85. The topological polar surface area (TPSA) is 58.6 Å². The SMILES string of the molecule is COCCNC(=O)c1ccc(C#CCO)c(F)c1. The number of ether oxygens (including phenoxy) is 1. The second kappa shape index (κ2) is 7.43. The fraction of sp³-hybridized carbons (Fsp3) is 0.308. The molecule has 5 heteroatoms. The minimum absolute atomic E-state index is 0.150. The summed E-state index contributed by atoms with van der Waals surface area (Å²) in [4.78, 5) is 11.6. The van der Waals surface area contributed by atoms with E-state index in [0.717, 1.165) is 6.07 Å². The number of amides is 1. The standard InChI is InChI=1S/C13H14FNO3/c1-18-8-6-15-13(17)11-5-4-10(3-2-7-16)12(14)9-11/h4-5,9,16H,6-8H2,1H3,(H,15,17). The number of aliphatic hydroxyl groups is 1. The van der Waals surface area contributed by atoms with E-state index >= 15 is 0 Å². The Hall–Kier alpha value is -1.90. The summed E-state index contributed by atoms with van der Waals surface area (Å²) in [6, 6.07) is 4.00. The summed E-state index contributed by atoms with van der Waals surface area (Å²) < 4.78 is 18.3. The molecule has 0 heterocycles. The van der Waals surface area contributed by atoms with Gasteiger partial charge < -0.3 is 15.2 Å². The lowest BCUT2D eigenvalue weighted by Gasteiger charge is -2.05. The maximum Gasteiger partial charge on any atom is 0.251 e. The number of methoxy groups -OCH3 is 1. The molecule has 96 valence electrons. The van der Waals surface area contributed by atoms with Crippen LogP contribution in [0.4, 0.5) is 4.39 Å². The van der Waals surface area contributed by atoms with E-state index in [4.69, 9.17) is 9.84 Å². The highest BCUT2D eigenvalue weighted by Gasteiger charge is 2.08. The van der Waals surface area contributed by atoms with E-state index < -0.39 is 5.82 Å². The van der Waals surface area contributed by atoms with Crippen molar-refractivity contribution in [3.05, 3.63) is 35.1 Å². The Balaban J connectivity index is 2.74. The molecule has 0 fully saturated rings. The summed E-state index contributed by atoms with van der Waals surface area (Å²) in [7, 11) is 1.53. The van der Waals surface area contributed by atoms with E-state index in [1.54, 1.807) is 0 Å². The van der Waals surface area contributed by atoms with Crippen LogP contribution in [0.2, 0.25) is 0 Å². The largest absolute Gasteiger partial charge is 0.384 e. The third kappa shape index (κ3) is 4.17. The van der Waals surface area contributed by atoms with E-state index in [0.29, 0.717) is 13.2 Å². The lowest BCUT2D eigenvalue weighted by molar-refractivity contribution is 0.0936. The molecule has 1 rings (SSSR count). The molecule has 2 N–H and O–H groups in total. The molecular formula is C13H14FNO3. The zero-order chi connectivity index (χ0) is 13.4. The minimum atomic E-state index is -0.588. The van der Waals surface area contributed by atoms with E-state index in [-0.39, 0.29) is 23.6 Å². The summed E-state index contributed by atoms with van der Waals surface area (Å²) in [6.45, 7) is 0.427. The highest BCUT2D eigenvalue weighted by molar-refractivity contribution is 5.94. The van der Waals surface area contributed by atoms with Crippen molar-refractivity contribution >= 4 is 5.91 Å². The molecule has 0 saturated carbocycles. The van der Waals surface area contributed by atoms with Gasteiger partial charge in [0.25, 0.3) is 5.91 Å². The highest BCUT2D eigenvalue weighted by atomic mass is 19.1. The molecule has 0 saturated heterocycles. The van der Waals surface area contributed by atoms with Crippen molar-refractivity contribution in [3.63, 3.8) is 0 Å².